The lowest BCUT2D eigenvalue weighted by atomic mass is 9.67. The second-order valence-corrected chi connectivity index (χ2v) is 8.36. The second kappa shape index (κ2) is 5.91. The van der Waals surface area contributed by atoms with Crippen molar-refractivity contribution in [2.45, 2.75) is 71.1 Å². The molecule has 2 heteroatoms. The molecule has 0 aliphatic rings. The molecule has 0 spiro atoms. The Morgan fingerprint density at radius 2 is 1.55 bits per heavy atom. The van der Waals surface area contributed by atoms with E-state index < -0.39 is 11.4 Å². The maximum Gasteiger partial charge on any atom is 0.314 e. The van der Waals surface area contributed by atoms with E-state index in [0.29, 0.717) is 6.42 Å². The van der Waals surface area contributed by atoms with E-state index in [1.165, 1.54) is 5.56 Å². The first-order valence-corrected chi connectivity index (χ1v) is 7.84. The molecule has 0 aromatic heterocycles. The quantitative estimate of drug-likeness (QED) is 0.776. The van der Waals surface area contributed by atoms with Gasteiger partial charge in [-0.2, -0.15) is 0 Å². The van der Waals surface area contributed by atoms with Crippen LogP contribution in [-0.4, -0.2) is 11.1 Å². The fourth-order valence-corrected chi connectivity index (χ4v) is 3.05. The van der Waals surface area contributed by atoms with Crippen molar-refractivity contribution in [3.8, 4) is 0 Å². The number of rotatable bonds is 4. The highest BCUT2D eigenvalue weighted by Crippen LogP contribution is 2.42. The van der Waals surface area contributed by atoms with Gasteiger partial charge in [0, 0.05) is 0 Å². The van der Waals surface area contributed by atoms with Gasteiger partial charge in [0.1, 0.15) is 0 Å². The molecule has 1 atom stereocenters. The van der Waals surface area contributed by atoms with Crippen LogP contribution in [0.5, 0.6) is 0 Å². The van der Waals surface area contributed by atoms with Gasteiger partial charge in [-0.15, -0.1) is 6.58 Å². The third kappa shape index (κ3) is 3.43. The standard InChI is InChI=1S/C20H30O2/c1-9-13-20(8,17(21)22)15-12-10-11-14(18(2,3)4)16(15)19(5,6)7/h9-12H,1,13H2,2-8H3,(H,21,22). The molecule has 0 amide bonds. The first-order chi connectivity index (χ1) is 9.85. The predicted molar refractivity (Wildman–Crippen MR) is 93.6 cm³/mol. The van der Waals surface area contributed by atoms with Crippen LogP contribution in [-0.2, 0) is 21.0 Å². The summed E-state index contributed by atoms with van der Waals surface area (Å²) >= 11 is 0. The van der Waals surface area contributed by atoms with Crippen LogP contribution >= 0.6 is 0 Å². The highest BCUT2D eigenvalue weighted by Gasteiger charge is 2.39. The van der Waals surface area contributed by atoms with Gasteiger partial charge in [0.25, 0.3) is 0 Å². The molecule has 1 aromatic carbocycles. The summed E-state index contributed by atoms with van der Waals surface area (Å²) in [5.74, 6) is -0.802. The molecule has 1 N–H and O–H groups in total. The third-order valence-corrected chi connectivity index (χ3v) is 4.24. The van der Waals surface area contributed by atoms with Crippen molar-refractivity contribution < 1.29 is 9.90 Å². The van der Waals surface area contributed by atoms with Crippen LogP contribution in [0.3, 0.4) is 0 Å². The van der Waals surface area contributed by atoms with Gasteiger partial charge < -0.3 is 5.11 Å². The normalized spacial score (nSPS) is 15.2. The van der Waals surface area contributed by atoms with Crippen molar-refractivity contribution in [1.82, 2.24) is 0 Å². The SMILES string of the molecule is C=CCC(C)(C(=O)O)c1cccc(C(C)(C)C)c1C(C)(C)C. The van der Waals surface area contributed by atoms with Crippen LogP contribution in [0.25, 0.3) is 0 Å². The number of carboxylic acid groups (broad SMARTS) is 1. The lowest BCUT2D eigenvalue weighted by Crippen LogP contribution is -2.36. The number of benzene rings is 1. The molecule has 0 fully saturated rings. The molecule has 0 heterocycles. The van der Waals surface area contributed by atoms with Crippen LogP contribution in [0.15, 0.2) is 30.9 Å². The highest BCUT2D eigenvalue weighted by atomic mass is 16.4. The van der Waals surface area contributed by atoms with Crippen LogP contribution in [0.4, 0.5) is 0 Å². The Labute approximate surface area is 135 Å². The molecule has 22 heavy (non-hydrogen) atoms. The summed E-state index contributed by atoms with van der Waals surface area (Å²) in [4.78, 5) is 12.0. The molecule has 0 saturated heterocycles. The molecule has 122 valence electrons. The Balaban J connectivity index is 3.83. The van der Waals surface area contributed by atoms with Crippen LogP contribution < -0.4 is 0 Å². The Morgan fingerprint density at radius 3 is 1.91 bits per heavy atom. The largest absolute Gasteiger partial charge is 0.481 e. The average molecular weight is 302 g/mol. The number of carboxylic acids is 1. The molecule has 0 saturated carbocycles. The van der Waals surface area contributed by atoms with Gasteiger partial charge in [0.05, 0.1) is 5.41 Å². The van der Waals surface area contributed by atoms with Crippen molar-refractivity contribution in [2.75, 3.05) is 0 Å². The van der Waals surface area contributed by atoms with Crippen molar-refractivity contribution in [2.24, 2.45) is 0 Å². The van der Waals surface area contributed by atoms with Crippen LogP contribution in [0.1, 0.15) is 71.6 Å². The van der Waals surface area contributed by atoms with Gasteiger partial charge in [-0.1, -0.05) is 65.8 Å². The van der Waals surface area contributed by atoms with Gasteiger partial charge in [-0.25, -0.2) is 0 Å². The van der Waals surface area contributed by atoms with E-state index in [2.05, 4.69) is 54.2 Å². The summed E-state index contributed by atoms with van der Waals surface area (Å²) in [7, 11) is 0. The molecule has 2 nitrogen and oxygen atoms in total. The van der Waals surface area contributed by atoms with Gasteiger partial charge >= 0.3 is 5.97 Å². The van der Waals surface area contributed by atoms with E-state index >= 15 is 0 Å². The van der Waals surface area contributed by atoms with Crippen molar-refractivity contribution in [1.29, 1.82) is 0 Å². The summed E-state index contributed by atoms with van der Waals surface area (Å²) in [6.07, 6.45) is 2.11. The van der Waals surface area contributed by atoms with E-state index in [1.54, 1.807) is 13.0 Å². The smallest absolute Gasteiger partial charge is 0.314 e. The summed E-state index contributed by atoms with van der Waals surface area (Å²) in [6, 6.07) is 6.07. The molecule has 1 rings (SSSR count). The number of carbonyl (C=O) groups is 1. The minimum Gasteiger partial charge on any atom is -0.481 e. The van der Waals surface area contributed by atoms with Gasteiger partial charge in [0.15, 0.2) is 0 Å². The Kier molecular flexibility index (Phi) is 4.96. The first-order valence-electron chi connectivity index (χ1n) is 7.84. The van der Waals surface area contributed by atoms with Crippen molar-refractivity contribution >= 4 is 5.97 Å². The zero-order chi connectivity index (χ0) is 17.3. The van der Waals surface area contributed by atoms with Gasteiger partial charge in [0.2, 0.25) is 0 Å². The highest BCUT2D eigenvalue weighted by molar-refractivity contribution is 5.82. The fourth-order valence-electron chi connectivity index (χ4n) is 3.05. The Hall–Kier alpha value is -1.57. The predicted octanol–water partition coefficient (Wildman–Crippen LogP) is 5.20. The van der Waals surface area contributed by atoms with Crippen LogP contribution in [0.2, 0.25) is 0 Å². The van der Waals surface area contributed by atoms with E-state index in [0.717, 1.165) is 11.1 Å². The minimum absolute atomic E-state index is 0.0355. The average Bonchev–Trinajstić information content (AvgIpc) is 2.35. The summed E-state index contributed by atoms with van der Waals surface area (Å²) in [6.45, 7) is 18.5. The summed E-state index contributed by atoms with van der Waals surface area (Å²) in [5.41, 5.74) is 2.15. The topological polar surface area (TPSA) is 37.3 Å². The van der Waals surface area contributed by atoms with Gasteiger partial charge in [-0.3, -0.25) is 4.79 Å². The van der Waals surface area contributed by atoms with Crippen molar-refractivity contribution in [3.63, 3.8) is 0 Å². The maximum absolute atomic E-state index is 12.0. The molecule has 1 unspecified atom stereocenters. The number of allylic oxidation sites excluding steroid dienone is 1. The lowest BCUT2D eigenvalue weighted by molar-refractivity contribution is -0.143. The maximum atomic E-state index is 12.0. The molecular weight excluding hydrogens is 272 g/mol. The lowest BCUT2D eigenvalue weighted by Gasteiger charge is -2.37. The van der Waals surface area contributed by atoms with Crippen LogP contribution in [0, 0.1) is 0 Å². The number of hydrogen-bond donors (Lipinski definition) is 1. The monoisotopic (exact) mass is 302 g/mol. The number of hydrogen-bond acceptors (Lipinski definition) is 1. The zero-order valence-corrected chi connectivity index (χ0v) is 15.1. The summed E-state index contributed by atoms with van der Waals surface area (Å²) in [5, 5.41) is 9.85. The van der Waals surface area contributed by atoms with E-state index in [4.69, 9.17) is 0 Å². The van der Waals surface area contributed by atoms with Crippen molar-refractivity contribution in [3.05, 3.63) is 47.5 Å². The molecular formula is C20H30O2. The fraction of sp³-hybridized carbons (Fsp3) is 0.550. The molecule has 1 aromatic rings. The Bertz CT molecular complexity index is 570. The van der Waals surface area contributed by atoms with E-state index in [-0.39, 0.29) is 10.8 Å². The second-order valence-electron chi connectivity index (χ2n) is 8.36. The van der Waals surface area contributed by atoms with E-state index in [1.807, 2.05) is 12.1 Å². The minimum atomic E-state index is -0.953. The third-order valence-electron chi connectivity index (χ3n) is 4.24. The number of aliphatic carboxylic acids is 1. The molecule has 0 radical (unpaired) electrons. The summed E-state index contributed by atoms with van der Waals surface area (Å²) < 4.78 is 0. The first kappa shape index (κ1) is 18.5. The zero-order valence-electron chi connectivity index (χ0n) is 15.1. The molecule has 0 bridgehead atoms. The Morgan fingerprint density at radius 1 is 1.05 bits per heavy atom. The molecule has 0 aliphatic carbocycles. The molecule has 0 aliphatic heterocycles. The van der Waals surface area contributed by atoms with Gasteiger partial charge in [-0.05, 0) is 40.9 Å². The van der Waals surface area contributed by atoms with E-state index in [9.17, 15) is 9.90 Å².